The van der Waals surface area contributed by atoms with E-state index < -0.39 is 0 Å². The van der Waals surface area contributed by atoms with E-state index in [2.05, 4.69) is 24.1 Å². The van der Waals surface area contributed by atoms with E-state index in [9.17, 15) is 4.79 Å². The SMILES string of the molecule is CCCN(CC)CCNC(=O)c1c(N)cccc1OCC. The average Bonchev–Trinajstić information content (AvgIpc) is 2.46. The fraction of sp³-hybridized carbons (Fsp3) is 0.562. The fourth-order valence-corrected chi connectivity index (χ4v) is 2.23. The summed E-state index contributed by atoms with van der Waals surface area (Å²) in [6.45, 7) is 10.1. The predicted molar refractivity (Wildman–Crippen MR) is 86.8 cm³/mol. The average molecular weight is 293 g/mol. The molecule has 0 aliphatic rings. The first-order valence-electron chi connectivity index (χ1n) is 7.65. The van der Waals surface area contributed by atoms with Crippen molar-refractivity contribution in [3.05, 3.63) is 23.8 Å². The minimum absolute atomic E-state index is 0.177. The third-order valence-electron chi connectivity index (χ3n) is 3.29. The maximum atomic E-state index is 12.3. The first-order valence-corrected chi connectivity index (χ1v) is 7.65. The normalized spacial score (nSPS) is 10.7. The molecule has 0 unspecified atom stereocenters. The molecule has 1 amide bonds. The molecule has 5 nitrogen and oxygen atoms in total. The lowest BCUT2D eigenvalue weighted by molar-refractivity contribution is 0.0946. The van der Waals surface area contributed by atoms with Gasteiger partial charge in [0, 0.05) is 18.8 Å². The molecule has 5 heteroatoms. The molecule has 0 saturated heterocycles. The second-order valence-corrected chi connectivity index (χ2v) is 4.84. The van der Waals surface area contributed by atoms with Crippen molar-refractivity contribution in [2.45, 2.75) is 27.2 Å². The molecule has 1 rings (SSSR count). The summed E-state index contributed by atoms with van der Waals surface area (Å²) < 4.78 is 5.47. The van der Waals surface area contributed by atoms with Gasteiger partial charge >= 0.3 is 0 Å². The van der Waals surface area contributed by atoms with Gasteiger partial charge in [0.15, 0.2) is 0 Å². The Kier molecular flexibility index (Phi) is 7.61. The van der Waals surface area contributed by atoms with Crippen LogP contribution >= 0.6 is 0 Å². The topological polar surface area (TPSA) is 67.6 Å². The van der Waals surface area contributed by atoms with Gasteiger partial charge < -0.3 is 20.7 Å². The van der Waals surface area contributed by atoms with Gasteiger partial charge in [0.25, 0.3) is 5.91 Å². The van der Waals surface area contributed by atoms with Crippen LogP contribution in [0.1, 0.15) is 37.6 Å². The van der Waals surface area contributed by atoms with Crippen LogP contribution in [0.4, 0.5) is 5.69 Å². The van der Waals surface area contributed by atoms with E-state index in [4.69, 9.17) is 10.5 Å². The Balaban J connectivity index is 2.63. The Hall–Kier alpha value is -1.75. The van der Waals surface area contributed by atoms with Gasteiger partial charge in [-0.05, 0) is 38.6 Å². The Bertz CT molecular complexity index is 449. The van der Waals surface area contributed by atoms with Crippen LogP contribution in [0.15, 0.2) is 18.2 Å². The zero-order chi connectivity index (χ0) is 15.7. The highest BCUT2D eigenvalue weighted by Crippen LogP contribution is 2.24. The van der Waals surface area contributed by atoms with E-state index in [0.717, 1.165) is 26.1 Å². The molecular weight excluding hydrogens is 266 g/mol. The minimum Gasteiger partial charge on any atom is -0.493 e. The first kappa shape index (κ1) is 17.3. The largest absolute Gasteiger partial charge is 0.493 e. The highest BCUT2D eigenvalue weighted by Gasteiger charge is 2.15. The molecule has 1 aromatic rings. The van der Waals surface area contributed by atoms with Gasteiger partial charge in [-0.25, -0.2) is 0 Å². The number of carbonyl (C=O) groups is 1. The van der Waals surface area contributed by atoms with Crippen LogP contribution in [0.3, 0.4) is 0 Å². The lowest BCUT2D eigenvalue weighted by Crippen LogP contribution is -2.35. The van der Waals surface area contributed by atoms with E-state index in [-0.39, 0.29) is 5.91 Å². The maximum Gasteiger partial charge on any atom is 0.257 e. The molecule has 0 bridgehead atoms. The number of benzene rings is 1. The third kappa shape index (κ3) is 5.27. The summed E-state index contributed by atoms with van der Waals surface area (Å²) in [4.78, 5) is 14.6. The zero-order valence-electron chi connectivity index (χ0n) is 13.3. The Morgan fingerprint density at radius 2 is 2.05 bits per heavy atom. The molecule has 3 N–H and O–H groups in total. The third-order valence-corrected chi connectivity index (χ3v) is 3.29. The van der Waals surface area contributed by atoms with Gasteiger partial charge in [-0.2, -0.15) is 0 Å². The van der Waals surface area contributed by atoms with E-state index in [0.29, 0.717) is 30.2 Å². The number of amides is 1. The van der Waals surface area contributed by atoms with Crippen LogP contribution in [0.5, 0.6) is 5.75 Å². The molecule has 118 valence electrons. The van der Waals surface area contributed by atoms with Gasteiger partial charge in [-0.3, -0.25) is 4.79 Å². The summed E-state index contributed by atoms with van der Waals surface area (Å²) in [5, 5.41) is 2.92. The molecule has 0 aliphatic carbocycles. The molecule has 0 spiro atoms. The summed E-state index contributed by atoms with van der Waals surface area (Å²) >= 11 is 0. The van der Waals surface area contributed by atoms with Gasteiger partial charge in [0.05, 0.1) is 6.61 Å². The number of ether oxygens (including phenoxy) is 1. The van der Waals surface area contributed by atoms with Crippen molar-refractivity contribution in [3.8, 4) is 5.75 Å². The number of nitrogens with two attached hydrogens (primary N) is 1. The maximum absolute atomic E-state index is 12.3. The van der Waals surface area contributed by atoms with E-state index in [1.54, 1.807) is 18.2 Å². The molecule has 0 aromatic heterocycles. The summed E-state index contributed by atoms with van der Waals surface area (Å²) in [7, 11) is 0. The van der Waals surface area contributed by atoms with Crippen molar-refractivity contribution < 1.29 is 9.53 Å². The second-order valence-electron chi connectivity index (χ2n) is 4.84. The Morgan fingerprint density at radius 1 is 1.29 bits per heavy atom. The van der Waals surface area contributed by atoms with Crippen molar-refractivity contribution in [2.75, 3.05) is 38.5 Å². The molecule has 0 heterocycles. The molecule has 0 fully saturated rings. The molecule has 0 atom stereocenters. The van der Waals surface area contributed by atoms with Gasteiger partial charge in [-0.1, -0.05) is 19.9 Å². The molecule has 1 aromatic carbocycles. The van der Waals surface area contributed by atoms with Gasteiger partial charge in [0.1, 0.15) is 11.3 Å². The number of likely N-dealkylation sites (N-methyl/N-ethyl adjacent to an activating group) is 1. The number of hydrogen-bond donors (Lipinski definition) is 2. The second kappa shape index (κ2) is 9.23. The monoisotopic (exact) mass is 293 g/mol. The van der Waals surface area contributed by atoms with Gasteiger partial charge in [-0.15, -0.1) is 0 Å². The molecule has 0 saturated carbocycles. The smallest absolute Gasteiger partial charge is 0.257 e. The van der Waals surface area contributed by atoms with Crippen molar-refractivity contribution >= 4 is 11.6 Å². The van der Waals surface area contributed by atoms with Crippen LogP contribution in [0.25, 0.3) is 0 Å². The van der Waals surface area contributed by atoms with Crippen molar-refractivity contribution in [1.82, 2.24) is 10.2 Å². The number of hydrogen-bond acceptors (Lipinski definition) is 4. The quantitative estimate of drug-likeness (QED) is 0.684. The highest BCUT2D eigenvalue weighted by atomic mass is 16.5. The lowest BCUT2D eigenvalue weighted by atomic mass is 10.1. The molecular formula is C16H27N3O2. The van der Waals surface area contributed by atoms with E-state index in [1.807, 2.05) is 6.92 Å². The summed E-state index contributed by atoms with van der Waals surface area (Å²) in [5.74, 6) is 0.361. The number of nitrogens with one attached hydrogen (secondary N) is 1. The number of anilines is 1. The van der Waals surface area contributed by atoms with Crippen LogP contribution in [-0.4, -0.2) is 43.6 Å². The highest BCUT2D eigenvalue weighted by molar-refractivity contribution is 6.01. The first-order chi connectivity index (χ1) is 10.1. The molecule has 0 aliphatic heterocycles. The summed E-state index contributed by atoms with van der Waals surface area (Å²) in [5.41, 5.74) is 6.78. The minimum atomic E-state index is -0.177. The fourth-order valence-electron chi connectivity index (χ4n) is 2.23. The number of nitrogens with zero attached hydrogens (tertiary/aromatic N) is 1. The number of nitrogen functional groups attached to an aromatic ring is 1. The molecule has 0 radical (unpaired) electrons. The van der Waals surface area contributed by atoms with Crippen LogP contribution in [0, 0.1) is 0 Å². The summed E-state index contributed by atoms with van der Waals surface area (Å²) in [6, 6.07) is 5.27. The predicted octanol–water partition coefficient (Wildman–Crippen LogP) is 2.13. The van der Waals surface area contributed by atoms with E-state index >= 15 is 0 Å². The van der Waals surface area contributed by atoms with Crippen molar-refractivity contribution in [3.63, 3.8) is 0 Å². The zero-order valence-corrected chi connectivity index (χ0v) is 13.3. The Morgan fingerprint density at radius 3 is 2.67 bits per heavy atom. The van der Waals surface area contributed by atoms with Crippen molar-refractivity contribution in [1.29, 1.82) is 0 Å². The standard InChI is InChI=1S/C16H27N3O2/c1-4-11-19(5-2)12-10-18-16(20)15-13(17)8-7-9-14(15)21-6-3/h7-9H,4-6,10-12,17H2,1-3H3,(H,18,20). The van der Waals surface area contributed by atoms with Gasteiger partial charge in [0.2, 0.25) is 0 Å². The van der Waals surface area contributed by atoms with Crippen LogP contribution in [0.2, 0.25) is 0 Å². The van der Waals surface area contributed by atoms with E-state index in [1.165, 1.54) is 0 Å². The summed E-state index contributed by atoms with van der Waals surface area (Å²) in [6.07, 6.45) is 1.11. The molecule has 21 heavy (non-hydrogen) atoms. The lowest BCUT2D eigenvalue weighted by Gasteiger charge is -2.20. The van der Waals surface area contributed by atoms with Crippen LogP contribution in [-0.2, 0) is 0 Å². The Labute approximate surface area is 127 Å². The van der Waals surface area contributed by atoms with Crippen molar-refractivity contribution in [2.24, 2.45) is 0 Å². The van der Waals surface area contributed by atoms with Crippen LogP contribution < -0.4 is 15.8 Å². The number of carbonyl (C=O) groups excluding carboxylic acids is 1. The number of rotatable bonds is 9.